The molecule has 0 amide bonds. The summed E-state index contributed by atoms with van der Waals surface area (Å²) in [5, 5.41) is 8.66. The predicted molar refractivity (Wildman–Crippen MR) is 56.2 cm³/mol. The summed E-state index contributed by atoms with van der Waals surface area (Å²) in [6.07, 6.45) is 0. The van der Waals surface area contributed by atoms with Crippen molar-refractivity contribution in [3.05, 3.63) is 16.1 Å². The van der Waals surface area contributed by atoms with E-state index >= 15 is 0 Å². The van der Waals surface area contributed by atoms with E-state index in [-0.39, 0.29) is 21.2 Å². The van der Waals surface area contributed by atoms with E-state index in [9.17, 15) is 9.50 Å². The van der Waals surface area contributed by atoms with Gasteiger partial charge in [0.15, 0.2) is 16.1 Å². The summed E-state index contributed by atoms with van der Waals surface area (Å²) in [4.78, 5) is 10.7. The van der Waals surface area contributed by atoms with E-state index in [0.29, 0.717) is 0 Å². The van der Waals surface area contributed by atoms with E-state index in [1.165, 1.54) is 0 Å². The van der Waals surface area contributed by atoms with Crippen LogP contribution in [0.4, 0.5) is 4.39 Å². The smallest absolute Gasteiger partial charge is 0.226 e. The second kappa shape index (κ2) is 3.62. The number of rotatable bonds is 0. The first-order valence-electron chi connectivity index (χ1n) is 3.61. The summed E-state index contributed by atoms with van der Waals surface area (Å²) >= 11 is 14.9. The van der Waals surface area contributed by atoms with Crippen molar-refractivity contribution < 1.29 is 9.50 Å². The Balaban J connectivity index is 3.02. The minimum absolute atomic E-state index is 0.0859. The van der Waals surface area contributed by atoms with Crippen molar-refractivity contribution in [1.29, 1.82) is 0 Å². The number of halogens is 3. The van der Waals surface area contributed by atoms with Crippen LogP contribution in [-0.4, -0.2) is 20.1 Å². The summed E-state index contributed by atoms with van der Waals surface area (Å²) in [6.45, 7) is 0. The Labute approximate surface area is 98.5 Å². The molecule has 4 nitrogen and oxygen atoms in total. The third kappa shape index (κ3) is 1.68. The zero-order chi connectivity index (χ0) is 11.2. The Hall–Kier alpha value is -0.850. The number of thiol groups is 1. The Morgan fingerprint density at radius 1 is 1.13 bits per heavy atom. The van der Waals surface area contributed by atoms with Crippen LogP contribution in [0.5, 0.6) is 5.88 Å². The zero-order valence-corrected chi connectivity index (χ0v) is 9.28. The molecule has 8 heteroatoms. The fourth-order valence-corrected chi connectivity index (χ4v) is 1.75. The van der Waals surface area contributed by atoms with E-state index in [1.54, 1.807) is 0 Å². The minimum atomic E-state index is -0.871. The van der Waals surface area contributed by atoms with Gasteiger partial charge in [0.05, 0.1) is 0 Å². The number of hydrogen-bond acceptors (Lipinski definition) is 5. The zero-order valence-electron chi connectivity index (χ0n) is 6.87. The molecule has 0 bridgehead atoms. The van der Waals surface area contributed by atoms with Gasteiger partial charge in [0, 0.05) is 0 Å². The molecule has 0 aliphatic rings. The van der Waals surface area contributed by atoms with Crippen LogP contribution in [0.15, 0.2) is 5.16 Å². The summed E-state index contributed by atoms with van der Waals surface area (Å²) in [6, 6.07) is 0. The van der Waals surface area contributed by atoms with Gasteiger partial charge >= 0.3 is 0 Å². The molecule has 0 saturated heterocycles. The van der Waals surface area contributed by atoms with Crippen molar-refractivity contribution >= 4 is 46.7 Å². The fourth-order valence-electron chi connectivity index (χ4n) is 1.08. The molecule has 2 heterocycles. The lowest BCUT2D eigenvalue weighted by Crippen LogP contribution is -1.94. The molecule has 78 valence electrons. The molecule has 0 fully saturated rings. The molecule has 15 heavy (non-hydrogen) atoms. The number of aromatic nitrogens is 3. The lowest BCUT2D eigenvalue weighted by molar-refractivity contribution is 0.453. The van der Waals surface area contributed by atoms with E-state index in [4.69, 9.17) is 23.2 Å². The molecule has 0 saturated carbocycles. The molecule has 0 spiro atoms. The maximum atomic E-state index is 13.4. The standard InChI is InChI=1S/C7H2Cl2FN3OS/c8-4-1-3(2(10)5(9)12-4)11-7(15)13-6(1)14/h(H2,11,13,14,15). The average molecular weight is 266 g/mol. The quantitative estimate of drug-likeness (QED) is 0.437. The third-order valence-corrected chi connectivity index (χ3v) is 2.39. The minimum Gasteiger partial charge on any atom is -0.493 e. The van der Waals surface area contributed by atoms with Gasteiger partial charge in [0.2, 0.25) is 5.88 Å². The van der Waals surface area contributed by atoms with Crippen LogP contribution >= 0.6 is 35.8 Å². The van der Waals surface area contributed by atoms with Gasteiger partial charge in [-0.3, -0.25) is 0 Å². The monoisotopic (exact) mass is 265 g/mol. The number of hydrogen-bond donors (Lipinski definition) is 2. The molecule has 0 unspecified atom stereocenters. The highest BCUT2D eigenvalue weighted by Gasteiger charge is 2.17. The van der Waals surface area contributed by atoms with Crippen molar-refractivity contribution in [3.8, 4) is 5.88 Å². The van der Waals surface area contributed by atoms with E-state index in [2.05, 4.69) is 27.6 Å². The number of fused-ring (bicyclic) bond motifs is 1. The Kier molecular flexibility index (Phi) is 2.57. The summed E-state index contributed by atoms with van der Waals surface area (Å²) in [5.74, 6) is -1.36. The number of nitrogens with zero attached hydrogens (tertiary/aromatic N) is 3. The largest absolute Gasteiger partial charge is 0.493 e. The van der Waals surface area contributed by atoms with Crippen LogP contribution in [-0.2, 0) is 0 Å². The first kappa shape index (κ1) is 10.7. The lowest BCUT2D eigenvalue weighted by Gasteiger charge is -2.04. The Morgan fingerprint density at radius 3 is 2.47 bits per heavy atom. The SMILES string of the molecule is Oc1nc(S)nc2c(F)c(Cl)nc(Cl)c12. The highest BCUT2D eigenvalue weighted by atomic mass is 35.5. The van der Waals surface area contributed by atoms with Crippen molar-refractivity contribution in [1.82, 2.24) is 15.0 Å². The normalized spacial score (nSPS) is 10.9. The van der Waals surface area contributed by atoms with Crippen LogP contribution in [0.1, 0.15) is 0 Å². The van der Waals surface area contributed by atoms with Crippen LogP contribution < -0.4 is 0 Å². The van der Waals surface area contributed by atoms with Crippen molar-refractivity contribution in [2.75, 3.05) is 0 Å². The van der Waals surface area contributed by atoms with Gasteiger partial charge in [-0.1, -0.05) is 23.2 Å². The van der Waals surface area contributed by atoms with Gasteiger partial charge in [-0.2, -0.15) is 4.98 Å². The van der Waals surface area contributed by atoms with Crippen molar-refractivity contribution in [2.24, 2.45) is 0 Å². The summed E-state index contributed by atoms with van der Waals surface area (Å²) in [7, 11) is 0. The maximum Gasteiger partial charge on any atom is 0.226 e. The molecular weight excluding hydrogens is 264 g/mol. The first-order chi connectivity index (χ1) is 7.00. The highest BCUT2D eigenvalue weighted by Crippen LogP contribution is 2.32. The van der Waals surface area contributed by atoms with E-state index < -0.39 is 16.9 Å². The fraction of sp³-hybridized carbons (Fsp3) is 0. The van der Waals surface area contributed by atoms with Crippen molar-refractivity contribution in [2.45, 2.75) is 5.16 Å². The molecule has 0 atom stereocenters. The molecule has 0 radical (unpaired) electrons. The number of pyridine rings is 1. The molecule has 0 aliphatic carbocycles. The van der Waals surface area contributed by atoms with Crippen LogP contribution in [0.2, 0.25) is 10.3 Å². The average Bonchev–Trinajstić information content (AvgIpc) is 2.12. The molecule has 2 aromatic heterocycles. The Bertz CT molecular complexity index is 557. The van der Waals surface area contributed by atoms with Gasteiger partial charge in [0.1, 0.15) is 16.1 Å². The molecule has 0 aliphatic heterocycles. The van der Waals surface area contributed by atoms with Gasteiger partial charge in [-0.05, 0) is 0 Å². The van der Waals surface area contributed by atoms with Crippen LogP contribution in [0.3, 0.4) is 0 Å². The second-order valence-corrected chi connectivity index (χ2v) is 3.69. The van der Waals surface area contributed by atoms with Crippen LogP contribution in [0, 0.1) is 5.82 Å². The summed E-state index contributed by atoms with van der Waals surface area (Å²) < 4.78 is 13.4. The van der Waals surface area contributed by atoms with Gasteiger partial charge in [-0.25, -0.2) is 14.4 Å². The molecule has 2 rings (SSSR count). The first-order valence-corrected chi connectivity index (χ1v) is 4.81. The van der Waals surface area contributed by atoms with E-state index in [0.717, 1.165) is 0 Å². The highest BCUT2D eigenvalue weighted by molar-refractivity contribution is 7.80. The lowest BCUT2D eigenvalue weighted by atomic mass is 10.3. The molecular formula is C7H2Cl2FN3OS. The number of aromatic hydroxyl groups is 1. The van der Waals surface area contributed by atoms with Gasteiger partial charge in [-0.15, -0.1) is 12.6 Å². The molecule has 0 aromatic carbocycles. The molecule has 2 aromatic rings. The predicted octanol–water partition coefficient (Wildman–Crippen LogP) is 2.46. The van der Waals surface area contributed by atoms with Gasteiger partial charge in [0.25, 0.3) is 0 Å². The van der Waals surface area contributed by atoms with Gasteiger partial charge < -0.3 is 5.11 Å². The van der Waals surface area contributed by atoms with E-state index in [1.807, 2.05) is 0 Å². The third-order valence-electron chi connectivity index (χ3n) is 1.67. The maximum absolute atomic E-state index is 13.4. The summed E-state index contributed by atoms with van der Waals surface area (Å²) in [5.41, 5.74) is -0.211. The van der Waals surface area contributed by atoms with Crippen molar-refractivity contribution in [3.63, 3.8) is 0 Å². The molecule has 1 N–H and O–H groups in total. The van der Waals surface area contributed by atoms with Crippen LogP contribution in [0.25, 0.3) is 10.9 Å². The Morgan fingerprint density at radius 2 is 1.80 bits per heavy atom. The topological polar surface area (TPSA) is 58.9 Å². The second-order valence-electron chi connectivity index (χ2n) is 2.58.